The molecule has 20 heavy (non-hydrogen) atoms. The SMILES string of the molecule is CCCNCc1cnc(Oc2ccc(F)c(Cl)c2)cn1. The fourth-order valence-corrected chi connectivity index (χ4v) is 1.71. The molecule has 1 heterocycles. The minimum atomic E-state index is -0.484. The van der Waals surface area contributed by atoms with Gasteiger partial charge in [0, 0.05) is 12.6 Å². The molecule has 0 bridgehead atoms. The highest BCUT2D eigenvalue weighted by Gasteiger charge is 2.04. The zero-order valence-corrected chi connectivity index (χ0v) is 11.8. The summed E-state index contributed by atoms with van der Waals surface area (Å²) in [5.74, 6) is 0.275. The standard InChI is InChI=1S/C14H15ClFN3O/c1-2-5-17-7-10-8-19-14(9-18-10)20-11-3-4-13(16)12(15)6-11/h3-4,6,8-9,17H,2,5,7H2,1H3. The number of aromatic nitrogens is 2. The molecule has 0 unspecified atom stereocenters. The van der Waals surface area contributed by atoms with Crippen molar-refractivity contribution in [2.75, 3.05) is 6.54 Å². The van der Waals surface area contributed by atoms with E-state index in [0.29, 0.717) is 18.2 Å². The van der Waals surface area contributed by atoms with E-state index in [9.17, 15) is 4.39 Å². The van der Waals surface area contributed by atoms with Gasteiger partial charge >= 0.3 is 0 Å². The van der Waals surface area contributed by atoms with Gasteiger partial charge in [-0.25, -0.2) is 9.37 Å². The second-order valence-electron chi connectivity index (χ2n) is 4.20. The summed E-state index contributed by atoms with van der Waals surface area (Å²) in [5, 5.41) is 3.24. The Labute approximate surface area is 122 Å². The number of benzene rings is 1. The van der Waals surface area contributed by atoms with Gasteiger partial charge in [0.05, 0.1) is 23.1 Å². The maximum atomic E-state index is 13.0. The summed E-state index contributed by atoms with van der Waals surface area (Å²) in [4.78, 5) is 8.37. The van der Waals surface area contributed by atoms with Crippen molar-refractivity contribution in [1.82, 2.24) is 15.3 Å². The van der Waals surface area contributed by atoms with E-state index in [-0.39, 0.29) is 5.02 Å². The molecule has 0 spiro atoms. The molecule has 1 N–H and O–H groups in total. The van der Waals surface area contributed by atoms with Gasteiger partial charge in [-0.2, -0.15) is 0 Å². The molecule has 4 nitrogen and oxygen atoms in total. The maximum absolute atomic E-state index is 13.0. The van der Waals surface area contributed by atoms with E-state index in [1.54, 1.807) is 6.20 Å². The third kappa shape index (κ3) is 4.15. The molecule has 6 heteroatoms. The third-order valence-corrected chi connectivity index (χ3v) is 2.82. The second-order valence-corrected chi connectivity index (χ2v) is 4.61. The van der Waals surface area contributed by atoms with Crippen LogP contribution in [0.3, 0.4) is 0 Å². The van der Waals surface area contributed by atoms with Crippen molar-refractivity contribution in [2.24, 2.45) is 0 Å². The van der Waals surface area contributed by atoms with Crippen LogP contribution in [0.25, 0.3) is 0 Å². The lowest BCUT2D eigenvalue weighted by Crippen LogP contribution is -2.14. The van der Waals surface area contributed by atoms with Crippen molar-refractivity contribution < 1.29 is 9.13 Å². The lowest BCUT2D eigenvalue weighted by atomic mass is 10.3. The van der Waals surface area contributed by atoms with Crippen molar-refractivity contribution in [3.8, 4) is 11.6 Å². The van der Waals surface area contributed by atoms with Crippen LogP contribution in [0.5, 0.6) is 11.6 Å². The molecule has 0 saturated carbocycles. The highest BCUT2D eigenvalue weighted by molar-refractivity contribution is 6.30. The highest BCUT2D eigenvalue weighted by Crippen LogP contribution is 2.24. The number of nitrogens with zero attached hydrogens (tertiary/aromatic N) is 2. The topological polar surface area (TPSA) is 47.0 Å². The van der Waals surface area contributed by atoms with E-state index >= 15 is 0 Å². The fraction of sp³-hybridized carbons (Fsp3) is 0.286. The van der Waals surface area contributed by atoms with Crippen LogP contribution in [0.2, 0.25) is 5.02 Å². The molecule has 0 aliphatic rings. The second kappa shape index (κ2) is 7.17. The Hall–Kier alpha value is -1.72. The molecule has 0 fully saturated rings. The van der Waals surface area contributed by atoms with Gasteiger partial charge in [-0.3, -0.25) is 4.98 Å². The average molecular weight is 296 g/mol. The summed E-state index contributed by atoms with van der Waals surface area (Å²) in [6, 6.07) is 4.13. The minimum Gasteiger partial charge on any atom is -0.437 e. The number of rotatable bonds is 6. The van der Waals surface area contributed by atoms with Gasteiger partial charge in [-0.05, 0) is 25.1 Å². The Bertz CT molecular complexity index is 563. The number of ether oxygens (including phenoxy) is 1. The first-order valence-corrected chi connectivity index (χ1v) is 6.71. The van der Waals surface area contributed by atoms with E-state index in [2.05, 4.69) is 22.2 Å². The van der Waals surface area contributed by atoms with E-state index in [1.165, 1.54) is 24.4 Å². The summed E-state index contributed by atoms with van der Waals surface area (Å²) < 4.78 is 18.5. The van der Waals surface area contributed by atoms with Crippen molar-refractivity contribution in [3.63, 3.8) is 0 Å². The number of hydrogen-bond donors (Lipinski definition) is 1. The molecule has 1 aromatic heterocycles. The van der Waals surface area contributed by atoms with Crippen LogP contribution >= 0.6 is 11.6 Å². The molecule has 1 aromatic carbocycles. The van der Waals surface area contributed by atoms with Crippen LogP contribution in [0.4, 0.5) is 4.39 Å². The van der Waals surface area contributed by atoms with E-state index < -0.39 is 5.82 Å². The predicted octanol–water partition coefficient (Wildman–Crippen LogP) is 3.56. The van der Waals surface area contributed by atoms with Gasteiger partial charge in [0.25, 0.3) is 0 Å². The first kappa shape index (κ1) is 14.7. The molecule has 0 atom stereocenters. The van der Waals surface area contributed by atoms with E-state index in [1.807, 2.05) is 0 Å². The Balaban J connectivity index is 1.97. The van der Waals surface area contributed by atoms with E-state index in [0.717, 1.165) is 18.7 Å². The zero-order chi connectivity index (χ0) is 14.4. The fourth-order valence-electron chi connectivity index (χ4n) is 1.54. The molecule has 0 aliphatic heterocycles. The Morgan fingerprint density at radius 1 is 1.30 bits per heavy atom. The first-order chi connectivity index (χ1) is 9.69. The molecule has 0 saturated heterocycles. The molecule has 2 rings (SSSR count). The molecule has 0 amide bonds. The number of halogens is 2. The summed E-state index contributed by atoms with van der Waals surface area (Å²) in [6.07, 6.45) is 4.24. The largest absolute Gasteiger partial charge is 0.437 e. The average Bonchev–Trinajstić information content (AvgIpc) is 2.45. The highest BCUT2D eigenvalue weighted by atomic mass is 35.5. The molecule has 0 radical (unpaired) electrons. The van der Waals surface area contributed by atoms with Gasteiger partial charge in [0.2, 0.25) is 5.88 Å². The van der Waals surface area contributed by atoms with Gasteiger partial charge < -0.3 is 10.1 Å². The summed E-state index contributed by atoms with van der Waals surface area (Å²) >= 11 is 5.68. The zero-order valence-electron chi connectivity index (χ0n) is 11.1. The summed E-state index contributed by atoms with van der Waals surface area (Å²) in [6.45, 7) is 3.71. The van der Waals surface area contributed by atoms with Crippen LogP contribution < -0.4 is 10.1 Å². The van der Waals surface area contributed by atoms with Gasteiger partial charge in [-0.1, -0.05) is 18.5 Å². The normalized spacial score (nSPS) is 10.6. The lowest BCUT2D eigenvalue weighted by Gasteiger charge is -2.06. The molecular weight excluding hydrogens is 281 g/mol. The van der Waals surface area contributed by atoms with Crippen LogP contribution in [-0.4, -0.2) is 16.5 Å². The van der Waals surface area contributed by atoms with Crippen LogP contribution in [0.15, 0.2) is 30.6 Å². The first-order valence-electron chi connectivity index (χ1n) is 6.33. The Morgan fingerprint density at radius 2 is 2.15 bits per heavy atom. The summed E-state index contributed by atoms with van der Waals surface area (Å²) in [7, 11) is 0. The van der Waals surface area contributed by atoms with Crippen LogP contribution in [0, 0.1) is 5.82 Å². The number of nitrogens with one attached hydrogen (secondary N) is 1. The third-order valence-electron chi connectivity index (χ3n) is 2.53. The van der Waals surface area contributed by atoms with Crippen molar-refractivity contribution >= 4 is 11.6 Å². The predicted molar refractivity (Wildman–Crippen MR) is 75.5 cm³/mol. The van der Waals surface area contributed by atoms with Crippen molar-refractivity contribution in [3.05, 3.63) is 47.1 Å². The Kier molecular flexibility index (Phi) is 5.26. The monoisotopic (exact) mass is 295 g/mol. The van der Waals surface area contributed by atoms with Crippen molar-refractivity contribution in [1.29, 1.82) is 0 Å². The molecular formula is C14H15ClFN3O. The number of hydrogen-bond acceptors (Lipinski definition) is 4. The maximum Gasteiger partial charge on any atom is 0.237 e. The summed E-state index contributed by atoms with van der Waals surface area (Å²) in [5.41, 5.74) is 0.836. The Morgan fingerprint density at radius 3 is 2.80 bits per heavy atom. The van der Waals surface area contributed by atoms with E-state index in [4.69, 9.17) is 16.3 Å². The van der Waals surface area contributed by atoms with Gasteiger partial charge in [0.15, 0.2) is 0 Å². The smallest absolute Gasteiger partial charge is 0.237 e. The van der Waals surface area contributed by atoms with Crippen LogP contribution in [-0.2, 0) is 6.54 Å². The van der Waals surface area contributed by atoms with Gasteiger partial charge in [0.1, 0.15) is 11.6 Å². The molecule has 106 valence electrons. The van der Waals surface area contributed by atoms with Crippen LogP contribution in [0.1, 0.15) is 19.0 Å². The molecule has 0 aliphatic carbocycles. The quantitative estimate of drug-likeness (QED) is 0.828. The van der Waals surface area contributed by atoms with Gasteiger partial charge in [-0.15, -0.1) is 0 Å². The minimum absolute atomic E-state index is 0.0100. The molecule has 2 aromatic rings. The lowest BCUT2D eigenvalue weighted by molar-refractivity contribution is 0.457. The van der Waals surface area contributed by atoms with Crippen molar-refractivity contribution in [2.45, 2.75) is 19.9 Å².